The third-order valence-corrected chi connectivity index (χ3v) is 1.20. The van der Waals surface area contributed by atoms with Gasteiger partial charge in [0.1, 0.15) is 0 Å². The van der Waals surface area contributed by atoms with Gasteiger partial charge >= 0.3 is 0 Å². The zero-order chi connectivity index (χ0) is 7.44. The molecule has 0 heterocycles. The minimum Gasteiger partial charge on any atom is -0.204 e. The standard InChI is InChI=1S/C6H10F2S/c1-4(2)3-5(9)6(7)8/h4,6H,3H2,1-2H3. The van der Waals surface area contributed by atoms with Gasteiger partial charge in [0.15, 0.2) is 0 Å². The molecule has 0 radical (unpaired) electrons. The predicted octanol–water partition coefficient (Wildman–Crippen LogP) is 2.67. The van der Waals surface area contributed by atoms with E-state index in [1.54, 1.807) is 0 Å². The number of halogens is 2. The van der Waals surface area contributed by atoms with Gasteiger partial charge in [0.25, 0.3) is 6.43 Å². The highest BCUT2D eigenvalue weighted by Gasteiger charge is 2.10. The van der Waals surface area contributed by atoms with Crippen LogP contribution in [-0.2, 0) is 0 Å². The van der Waals surface area contributed by atoms with Gasteiger partial charge in [-0.1, -0.05) is 26.1 Å². The predicted molar refractivity (Wildman–Crippen MR) is 38.1 cm³/mol. The van der Waals surface area contributed by atoms with E-state index in [0.29, 0.717) is 6.42 Å². The van der Waals surface area contributed by atoms with Gasteiger partial charge in [-0.05, 0) is 12.3 Å². The maximum absolute atomic E-state index is 11.6. The van der Waals surface area contributed by atoms with Crippen LogP contribution in [0.4, 0.5) is 8.78 Å². The smallest absolute Gasteiger partial charge is 0.204 e. The summed E-state index contributed by atoms with van der Waals surface area (Å²) in [5.41, 5.74) is 0. The quantitative estimate of drug-likeness (QED) is 0.560. The monoisotopic (exact) mass is 152 g/mol. The summed E-state index contributed by atoms with van der Waals surface area (Å²) in [4.78, 5) is -0.120. The molecule has 0 atom stereocenters. The molecule has 0 spiro atoms. The second-order valence-electron chi connectivity index (χ2n) is 2.36. The first-order chi connectivity index (χ1) is 4.04. The lowest BCUT2D eigenvalue weighted by Crippen LogP contribution is -2.09. The minimum absolute atomic E-state index is 0.120. The first-order valence-corrected chi connectivity index (χ1v) is 3.25. The van der Waals surface area contributed by atoms with Crippen LogP contribution in [0.25, 0.3) is 0 Å². The fourth-order valence-electron chi connectivity index (χ4n) is 0.491. The summed E-state index contributed by atoms with van der Waals surface area (Å²) in [5.74, 6) is 0.242. The van der Waals surface area contributed by atoms with Gasteiger partial charge in [-0.3, -0.25) is 0 Å². The Hall–Kier alpha value is -0.0500. The molecule has 3 heteroatoms. The number of thiocarbonyl (C=S) groups is 1. The molecule has 0 amide bonds. The molecule has 54 valence electrons. The summed E-state index contributed by atoms with van der Waals surface area (Å²) in [7, 11) is 0. The Bertz CT molecular complexity index is 99.2. The number of hydrogen-bond donors (Lipinski definition) is 0. The molecule has 0 aliphatic carbocycles. The van der Waals surface area contributed by atoms with Gasteiger partial charge in [0.2, 0.25) is 0 Å². The lowest BCUT2D eigenvalue weighted by Gasteiger charge is -2.03. The van der Waals surface area contributed by atoms with E-state index in [1.807, 2.05) is 13.8 Å². The Balaban J connectivity index is 3.51. The lowest BCUT2D eigenvalue weighted by atomic mass is 10.1. The summed E-state index contributed by atoms with van der Waals surface area (Å²) in [6, 6.07) is 0. The topological polar surface area (TPSA) is 0 Å². The zero-order valence-electron chi connectivity index (χ0n) is 5.53. The molecule has 0 bridgehead atoms. The van der Waals surface area contributed by atoms with E-state index >= 15 is 0 Å². The number of alkyl halides is 2. The highest BCUT2D eigenvalue weighted by atomic mass is 32.1. The summed E-state index contributed by atoms with van der Waals surface area (Å²) >= 11 is 4.40. The molecular formula is C6H10F2S. The van der Waals surface area contributed by atoms with Gasteiger partial charge in [-0.15, -0.1) is 0 Å². The van der Waals surface area contributed by atoms with Gasteiger partial charge in [-0.2, -0.15) is 0 Å². The minimum atomic E-state index is -2.41. The van der Waals surface area contributed by atoms with Crippen molar-refractivity contribution >= 4 is 17.1 Å². The largest absolute Gasteiger partial charge is 0.269 e. The van der Waals surface area contributed by atoms with Crippen LogP contribution < -0.4 is 0 Å². The summed E-state index contributed by atoms with van der Waals surface area (Å²) in [5, 5.41) is 0. The molecule has 0 aromatic rings. The van der Waals surface area contributed by atoms with Crippen LogP contribution in [0.3, 0.4) is 0 Å². The van der Waals surface area contributed by atoms with E-state index in [9.17, 15) is 8.78 Å². The van der Waals surface area contributed by atoms with Crippen LogP contribution in [0.5, 0.6) is 0 Å². The fourth-order valence-corrected chi connectivity index (χ4v) is 0.825. The van der Waals surface area contributed by atoms with E-state index in [1.165, 1.54) is 0 Å². The van der Waals surface area contributed by atoms with Crippen molar-refractivity contribution in [2.75, 3.05) is 0 Å². The van der Waals surface area contributed by atoms with Crippen molar-refractivity contribution in [1.29, 1.82) is 0 Å². The van der Waals surface area contributed by atoms with Gasteiger partial charge in [0, 0.05) is 0 Å². The normalized spacial score (nSPS) is 10.9. The Kier molecular flexibility index (Phi) is 3.86. The van der Waals surface area contributed by atoms with Crippen LogP contribution >= 0.6 is 12.2 Å². The molecule has 0 aromatic heterocycles. The first kappa shape index (κ1) is 8.95. The Morgan fingerprint density at radius 3 is 2.00 bits per heavy atom. The molecule has 0 saturated carbocycles. The van der Waals surface area contributed by atoms with Gasteiger partial charge < -0.3 is 0 Å². The Morgan fingerprint density at radius 2 is 1.89 bits per heavy atom. The van der Waals surface area contributed by atoms with Crippen LogP contribution in [0.2, 0.25) is 0 Å². The average Bonchev–Trinajstić information content (AvgIpc) is 1.63. The molecule has 0 fully saturated rings. The van der Waals surface area contributed by atoms with E-state index in [0.717, 1.165) is 0 Å². The van der Waals surface area contributed by atoms with Crippen LogP contribution in [0.15, 0.2) is 0 Å². The maximum Gasteiger partial charge on any atom is 0.269 e. The maximum atomic E-state index is 11.6. The van der Waals surface area contributed by atoms with Gasteiger partial charge in [-0.25, -0.2) is 8.78 Å². The second-order valence-corrected chi connectivity index (χ2v) is 2.89. The van der Waals surface area contributed by atoms with Crippen molar-refractivity contribution in [2.45, 2.75) is 26.7 Å². The number of hydrogen-bond acceptors (Lipinski definition) is 1. The highest BCUT2D eigenvalue weighted by Crippen LogP contribution is 2.07. The zero-order valence-corrected chi connectivity index (χ0v) is 6.34. The molecule has 0 unspecified atom stereocenters. The highest BCUT2D eigenvalue weighted by molar-refractivity contribution is 7.80. The molecule has 0 rings (SSSR count). The molecule has 9 heavy (non-hydrogen) atoms. The van der Waals surface area contributed by atoms with Crippen molar-refractivity contribution < 1.29 is 8.78 Å². The third-order valence-electron chi connectivity index (χ3n) is 0.853. The molecule has 0 N–H and O–H groups in total. The lowest BCUT2D eigenvalue weighted by molar-refractivity contribution is 0.224. The second kappa shape index (κ2) is 3.88. The van der Waals surface area contributed by atoms with Crippen molar-refractivity contribution in [1.82, 2.24) is 0 Å². The van der Waals surface area contributed by atoms with Crippen molar-refractivity contribution in [2.24, 2.45) is 5.92 Å². The van der Waals surface area contributed by atoms with Crippen molar-refractivity contribution in [3.63, 3.8) is 0 Å². The molecule has 0 aliphatic heterocycles. The van der Waals surface area contributed by atoms with Crippen LogP contribution in [0, 0.1) is 5.92 Å². The summed E-state index contributed by atoms with van der Waals surface area (Å²) < 4.78 is 23.3. The molecule has 0 saturated heterocycles. The number of rotatable bonds is 3. The Morgan fingerprint density at radius 1 is 1.44 bits per heavy atom. The van der Waals surface area contributed by atoms with Crippen LogP contribution in [-0.4, -0.2) is 11.3 Å². The molecule has 0 aliphatic rings. The van der Waals surface area contributed by atoms with Crippen LogP contribution in [0.1, 0.15) is 20.3 Å². The van der Waals surface area contributed by atoms with E-state index in [2.05, 4.69) is 12.2 Å². The third kappa shape index (κ3) is 4.45. The fraction of sp³-hybridized carbons (Fsp3) is 0.833. The van der Waals surface area contributed by atoms with Crippen molar-refractivity contribution in [3.8, 4) is 0 Å². The summed E-state index contributed by atoms with van der Waals surface area (Å²) in [6.07, 6.45) is -2.06. The van der Waals surface area contributed by atoms with E-state index in [4.69, 9.17) is 0 Å². The van der Waals surface area contributed by atoms with Crippen molar-refractivity contribution in [3.05, 3.63) is 0 Å². The summed E-state index contributed by atoms with van der Waals surface area (Å²) in [6.45, 7) is 3.74. The molecule has 0 nitrogen and oxygen atoms in total. The Labute approximate surface area is 59.3 Å². The van der Waals surface area contributed by atoms with Gasteiger partial charge in [0.05, 0.1) is 4.86 Å². The first-order valence-electron chi connectivity index (χ1n) is 2.85. The molecular weight excluding hydrogens is 142 g/mol. The van der Waals surface area contributed by atoms with E-state index in [-0.39, 0.29) is 10.8 Å². The van der Waals surface area contributed by atoms with E-state index < -0.39 is 6.43 Å². The molecule has 0 aromatic carbocycles. The average molecular weight is 152 g/mol. The SMILES string of the molecule is CC(C)CC(=S)C(F)F.